The molecule has 1 saturated heterocycles. The van der Waals surface area contributed by atoms with Crippen molar-refractivity contribution in [1.82, 2.24) is 10.2 Å². The van der Waals surface area contributed by atoms with Crippen LogP contribution >= 0.6 is 0 Å². The number of hydrogen-bond donors (Lipinski definition) is 1. The standard InChI is InChI=1S/C12H24N2O2/c1-4-5-7-11-12(15)14(10(2)13-11)8-6-9-16-3/h10-11,13H,4-9H2,1-3H3. The highest BCUT2D eigenvalue weighted by Gasteiger charge is 2.35. The van der Waals surface area contributed by atoms with E-state index in [4.69, 9.17) is 4.74 Å². The van der Waals surface area contributed by atoms with E-state index in [2.05, 4.69) is 19.2 Å². The third kappa shape index (κ3) is 3.46. The number of amides is 1. The lowest BCUT2D eigenvalue weighted by atomic mass is 10.1. The summed E-state index contributed by atoms with van der Waals surface area (Å²) in [6.45, 7) is 5.72. The number of unbranched alkanes of at least 4 members (excludes halogenated alkanes) is 1. The van der Waals surface area contributed by atoms with Crippen LogP contribution in [0.15, 0.2) is 0 Å². The quantitative estimate of drug-likeness (QED) is 0.669. The van der Waals surface area contributed by atoms with Crippen molar-refractivity contribution in [3.63, 3.8) is 0 Å². The third-order valence-corrected chi connectivity index (χ3v) is 3.08. The molecule has 0 bridgehead atoms. The Morgan fingerprint density at radius 1 is 1.44 bits per heavy atom. The van der Waals surface area contributed by atoms with Gasteiger partial charge in [0.25, 0.3) is 0 Å². The molecule has 16 heavy (non-hydrogen) atoms. The largest absolute Gasteiger partial charge is 0.385 e. The molecule has 1 amide bonds. The second kappa shape index (κ2) is 6.86. The minimum absolute atomic E-state index is 0.0393. The molecule has 0 radical (unpaired) electrons. The van der Waals surface area contributed by atoms with E-state index in [-0.39, 0.29) is 18.1 Å². The van der Waals surface area contributed by atoms with Crippen molar-refractivity contribution >= 4 is 5.91 Å². The Morgan fingerprint density at radius 2 is 2.19 bits per heavy atom. The maximum Gasteiger partial charge on any atom is 0.241 e. The average Bonchev–Trinajstić information content (AvgIpc) is 2.54. The van der Waals surface area contributed by atoms with Gasteiger partial charge < -0.3 is 9.64 Å². The van der Waals surface area contributed by atoms with E-state index in [0.717, 1.165) is 38.8 Å². The Kier molecular flexibility index (Phi) is 5.77. The van der Waals surface area contributed by atoms with Crippen LogP contribution in [0.3, 0.4) is 0 Å². The summed E-state index contributed by atoms with van der Waals surface area (Å²) in [5.74, 6) is 0.261. The van der Waals surface area contributed by atoms with Crippen LogP contribution < -0.4 is 5.32 Å². The first kappa shape index (κ1) is 13.5. The SMILES string of the molecule is CCCCC1NC(C)N(CCCOC)C1=O. The highest BCUT2D eigenvalue weighted by molar-refractivity contribution is 5.84. The van der Waals surface area contributed by atoms with Crippen molar-refractivity contribution in [3.05, 3.63) is 0 Å². The van der Waals surface area contributed by atoms with Gasteiger partial charge in [0.05, 0.1) is 12.2 Å². The number of carbonyl (C=O) groups excluding carboxylic acids is 1. The van der Waals surface area contributed by atoms with Crippen molar-refractivity contribution in [2.75, 3.05) is 20.3 Å². The topological polar surface area (TPSA) is 41.6 Å². The number of hydrogen-bond acceptors (Lipinski definition) is 3. The van der Waals surface area contributed by atoms with E-state index < -0.39 is 0 Å². The van der Waals surface area contributed by atoms with Gasteiger partial charge in [-0.05, 0) is 19.8 Å². The van der Waals surface area contributed by atoms with E-state index in [1.54, 1.807) is 7.11 Å². The smallest absolute Gasteiger partial charge is 0.241 e. The molecule has 0 aliphatic carbocycles. The zero-order valence-electron chi connectivity index (χ0n) is 10.7. The van der Waals surface area contributed by atoms with Crippen molar-refractivity contribution < 1.29 is 9.53 Å². The maximum absolute atomic E-state index is 12.0. The summed E-state index contributed by atoms with van der Waals surface area (Å²) >= 11 is 0. The fraction of sp³-hybridized carbons (Fsp3) is 0.917. The number of methoxy groups -OCH3 is 1. The lowest BCUT2D eigenvalue weighted by Gasteiger charge is -2.20. The fourth-order valence-electron chi connectivity index (χ4n) is 2.14. The molecule has 0 aromatic heterocycles. The van der Waals surface area contributed by atoms with E-state index in [0.29, 0.717) is 0 Å². The highest BCUT2D eigenvalue weighted by atomic mass is 16.5. The van der Waals surface area contributed by atoms with Gasteiger partial charge in [0.2, 0.25) is 5.91 Å². The molecule has 0 saturated carbocycles. The van der Waals surface area contributed by atoms with Gasteiger partial charge in [-0.2, -0.15) is 0 Å². The molecule has 1 heterocycles. The van der Waals surface area contributed by atoms with Crippen molar-refractivity contribution in [2.45, 2.75) is 51.7 Å². The zero-order valence-corrected chi connectivity index (χ0v) is 10.7. The molecule has 4 heteroatoms. The summed E-state index contributed by atoms with van der Waals surface area (Å²) < 4.78 is 5.01. The van der Waals surface area contributed by atoms with Gasteiger partial charge in [-0.3, -0.25) is 10.1 Å². The molecule has 2 atom stereocenters. The number of nitrogens with zero attached hydrogens (tertiary/aromatic N) is 1. The lowest BCUT2D eigenvalue weighted by Crippen LogP contribution is -2.35. The normalized spacial score (nSPS) is 25.4. The second-order valence-corrected chi connectivity index (χ2v) is 4.42. The second-order valence-electron chi connectivity index (χ2n) is 4.42. The average molecular weight is 228 g/mol. The summed E-state index contributed by atoms with van der Waals surface area (Å²) in [5, 5.41) is 3.35. The van der Waals surface area contributed by atoms with E-state index in [1.807, 2.05) is 4.90 Å². The third-order valence-electron chi connectivity index (χ3n) is 3.08. The predicted molar refractivity (Wildman–Crippen MR) is 64.1 cm³/mol. The predicted octanol–water partition coefficient (Wildman–Crippen LogP) is 1.36. The minimum Gasteiger partial charge on any atom is -0.385 e. The number of ether oxygens (including phenoxy) is 1. The van der Waals surface area contributed by atoms with Gasteiger partial charge in [-0.25, -0.2) is 0 Å². The number of nitrogens with one attached hydrogen (secondary N) is 1. The van der Waals surface area contributed by atoms with Crippen LogP contribution in [0, 0.1) is 0 Å². The molecule has 0 spiro atoms. The molecule has 1 N–H and O–H groups in total. The Labute approximate surface area is 98.3 Å². The first-order chi connectivity index (χ1) is 7.70. The van der Waals surface area contributed by atoms with Crippen molar-refractivity contribution in [2.24, 2.45) is 0 Å². The van der Waals surface area contributed by atoms with Gasteiger partial charge in [0.1, 0.15) is 0 Å². The first-order valence-electron chi connectivity index (χ1n) is 6.26. The number of rotatable bonds is 7. The van der Waals surface area contributed by atoms with Crippen LogP contribution in [0.2, 0.25) is 0 Å². The molecular weight excluding hydrogens is 204 g/mol. The Balaban J connectivity index is 2.37. The molecule has 1 rings (SSSR count). The van der Waals surface area contributed by atoms with Crippen LogP contribution in [0.25, 0.3) is 0 Å². The van der Waals surface area contributed by atoms with E-state index >= 15 is 0 Å². The van der Waals surface area contributed by atoms with Crippen LogP contribution in [-0.4, -0.2) is 43.3 Å². The van der Waals surface area contributed by atoms with Crippen LogP contribution in [-0.2, 0) is 9.53 Å². The van der Waals surface area contributed by atoms with E-state index in [1.165, 1.54) is 0 Å². The molecular formula is C12H24N2O2. The van der Waals surface area contributed by atoms with Crippen molar-refractivity contribution in [3.8, 4) is 0 Å². The number of carbonyl (C=O) groups is 1. The molecule has 94 valence electrons. The fourth-order valence-corrected chi connectivity index (χ4v) is 2.14. The summed E-state index contributed by atoms with van der Waals surface area (Å²) in [6.07, 6.45) is 4.30. The molecule has 1 fully saturated rings. The van der Waals surface area contributed by atoms with Crippen LogP contribution in [0.4, 0.5) is 0 Å². The molecule has 2 unspecified atom stereocenters. The van der Waals surface area contributed by atoms with Crippen molar-refractivity contribution in [1.29, 1.82) is 0 Å². The van der Waals surface area contributed by atoms with Gasteiger partial charge in [-0.1, -0.05) is 19.8 Å². The van der Waals surface area contributed by atoms with Crippen LogP contribution in [0.1, 0.15) is 39.5 Å². The maximum atomic E-state index is 12.0. The molecule has 0 aromatic rings. The molecule has 1 aliphatic heterocycles. The summed E-state index contributed by atoms with van der Waals surface area (Å²) in [7, 11) is 1.69. The van der Waals surface area contributed by atoms with Gasteiger partial charge in [0, 0.05) is 20.3 Å². The van der Waals surface area contributed by atoms with Gasteiger partial charge in [0.15, 0.2) is 0 Å². The highest BCUT2D eigenvalue weighted by Crippen LogP contribution is 2.15. The first-order valence-corrected chi connectivity index (χ1v) is 6.26. The lowest BCUT2D eigenvalue weighted by molar-refractivity contribution is -0.130. The summed E-state index contributed by atoms with van der Waals surface area (Å²) in [5.41, 5.74) is 0. The Morgan fingerprint density at radius 3 is 2.81 bits per heavy atom. The monoisotopic (exact) mass is 228 g/mol. The minimum atomic E-state index is 0.0393. The Bertz CT molecular complexity index is 221. The van der Waals surface area contributed by atoms with E-state index in [9.17, 15) is 4.79 Å². The zero-order chi connectivity index (χ0) is 12.0. The molecule has 0 aromatic carbocycles. The molecule has 1 aliphatic rings. The summed E-state index contributed by atoms with van der Waals surface area (Å²) in [4.78, 5) is 14.0. The van der Waals surface area contributed by atoms with Gasteiger partial charge in [-0.15, -0.1) is 0 Å². The van der Waals surface area contributed by atoms with Crippen LogP contribution in [0.5, 0.6) is 0 Å². The summed E-state index contributed by atoms with van der Waals surface area (Å²) in [6, 6.07) is 0.0393. The molecule has 4 nitrogen and oxygen atoms in total. The van der Waals surface area contributed by atoms with Gasteiger partial charge >= 0.3 is 0 Å². The Hall–Kier alpha value is -0.610.